The first-order valence-electron chi connectivity index (χ1n) is 7.78. The van der Waals surface area contributed by atoms with Crippen LogP contribution in [0.5, 0.6) is 0 Å². The molecule has 0 unspecified atom stereocenters. The van der Waals surface area contributed by atoms with Crippen molar-refractivity contribution in [3.8, 4) is 0 Å². The van der Waals surface area contributed by atoms with Gasteiger partial charge in [0, 0.05) is 24.2 Å². The van der Waals surface area contributed by atoms with Crippen molar-refractivity contribution in [1.29, 1.82) is 0 Å². The van der Waals surface area contributed by atoms with Crippen LogP contribution in [-0.2, 0) is 0 Å². The minimum absolute atomic E-state index is 0.121. The molecular formula is C19H21N3O. The van der Waals surface area contributed by atoms with Crippen LogP contribution in [0.2, 0.25) is 0 Å². The molecule has 1 N–H and O–H groups in total. The van der Waals surface area contributed by atoms with Gasteiger partial charge in [-0.15, -0.1) is 0 Å². The fraction of sp³-hybridized carbons (Fsp3) is 0.263. The molecule has 118 valence electrons. The van der Waals surface area contributed by atoms with Crippen LogP contribution in [0.1, 0.15) is 16.2 Å². The van der Waals surface area contributed by atoms with Crippen LogP contribution in [0.25, 0.3) is 21.5 Å². The van der Waals surface area contributed by atoms with E-state index in [0.717, 1.165) is 28.4 Å². The molecular weight excluding hydrogens is 286 g/mol. The summed E-state index contributed by atoms with van der Waals surface area (Å²) in [6.07, 6.45) is 0. The van der Waals surface area contributed by atoms with Gasteiger partial charge in [0.2, 0.25) is 0 Å². The van der Waals surface area contributed by atoms with Gasteiger partial charge in [0.25, 0.3) is 5.91 Å². The van der Waals surface area contributed by atoms with E-state index in [1.165, 1.54) is 5.39 Å². The van der Waals surface area contributed by atoms with E-state index in [1.807, 2.05) is 44.1 Å². The van der Waals surface area contributed by atoms with Crippen molar-refractivity contribution >= 4 is 27.5 Å². The second-order valence-electron chi connectivity index (χ2n) is 6.03. The third-order valence-electron chi connectivity index (χ3n) is 4.01. The van der Waals surface area contributed by atoms with Gasteiger partial charge < -0.3 is 10.2 Å². The number of carbonyl (C=O) groups excluding carboxylic acids is 1. The number of carbonyl (C=O) groups is 1. The fourth-order valence-corrected chi connectivity index (χ4v) is 2.78. The van der Waals surface area contributed by atoms with Gasteiger partial charge in [-0.05, 0) is 43.2 Å². The maximum Gasteiger partial charge on any atom is 0.269 e. The Balaban J connectivity index is 2.02. The molecule has 1 heterocycles. The first-order valence-corrected chi connectivity index (χ1v) is 7.78. The molecule has 0 fully saturated rings. The summed E-state index contributed by atoms with van der Waals surface area (Å²) in [5, 5.41) is 7.42. The lowest BCUT2D eigenvalue weighted by atomic mass is 10.0. The molecule has 4 heteroatoms. The molecule has 2 aromatic carbocycles. The fourth-order valence-electron chi connectivity index (χ4n) is 2.78. The van der Waals surface area contributed by atoms with Crippen molar-refractivity contribution in [2.75, 3.05) is 27.2 Å². The summed E-state index contributed by atoms with van der Waals surface area (Å²) in [5.41, 5.74) is 1.36. The van der Waals surface area contributed by atoms with Crippen LogP contribution in [0, 0.1) is 6.92 Å². The molecule has 0 aliphatic carbocycles. The van der Waals surface area contributed by atoms with E-state index in [-0.39, 0.29) is 5.91 Å². The number of likely N-dealkylation sites (N-methyl/N-ethyl adjacent to an activating group) is 1. The number of fused-ring (bicyclic) bond motifs is 3. The number of nitrogens with zero attached hydrogens (tertiary/aromatic N) is 2. The quantitative estimate of drug-likeness (QED) is 0.754. The van der Waals surface area contributed by atoms with Crippen molar-refractivity contribution in [1.82, 2.24) is 15.2 Å². The summed E-state index contributed by atoms with van der Waals surface area (Å²) in [7, 11) is 3.97. The van der Waals surface area contributed by atoms with Crippen molar-refractivity contribution in [3.63, 3.8) is 0 Å². The number of aryl methyl sites for hydroxylation is 1. The minimum atomic E-state index is -0.121. The Morgan fingerprint density at radius 3 is 2.65 bits per heavy atom. The topological polar surface area (TPSA) is 45.2 Å². The van der Waals surface area contributed by atoms with Crippen LogP contribution >= 0.6 is 0 Å². The Morgan fingerprint density at radius 2 is 1.87 bits per heavy atom. The number of hydrogen-bond acceptors (Lipinski definition) is 3. The normalized spacial score (nSPS) is 11.3. The van der Waals surface area contributed by atoms with E-state index in [1.54, 1.807) is 0 Å². The number of hydrogen-bond donors (Lipinski definition) is 1. The molecule has 3 aromatic rings. The summed E-state index contributed by atoms with van der Waals surface area (Å²) in [4.78, 5) is 18.9. The average molecular weight is 307 g/mol. The lowest BCUT2D eigenvalue weighted by Gasteiger charge is -2.12. The molecule has 4 nitrogen and oxygen atoms in total. The molecule has 23 heavy (non-hydrogen) atoms. The van der Waals surface area contributed by atoms with Gasteiger partial charge in [0.15, 0.2) is 0 Å². The molecule has 1 amide bonds. The highest BCUT2D eigenvalue weighted by Crippen LogP contribution is 2.27. The first-order chi connectivity index (χ1) is 11.1. The van der Waals surface area contributed by atoms with Crippen molar-refractivity contribution in [2.45, 2.75) is 6.92 Å². The predicted molar refractivity (Wildman–Crippen MR) is 94.9 cm³/mol. The standard InChI is InChI=1S/C19H21N3O/c1-13-15-9-8-14-6-4-5-7-16(14)17(15)12-18(21-13)19(23)20-10-11-22(2)3/h4-9,12H,10-11H2,1-3H3,(H,20,23). The molecule has 0 saturated heterocycles. The maximum atomic E-state index is 12.4. The Hall–Kier alpha value is -2.46. The summed E-state index contributed by atoms with van der Waals surface area (Å²) in [5.74, 6) is -0.121. The van der Waals surface area contributed by atoms with E-state index in [2.05, 4.69) is 34.6 Å². The zero-order valence-corrected chi connectivity index (χ0v) is 13.8. The zero-order valence-electron chi connectivity index (χ0n) is 13.8. The SMILES string of the molecule is Cc1nc(C(=O)NCCN(C)C)cc2c1ccc1ccccc12. The van der Waals surface area contributed by atoms with Crippen LogP contribution < -0.4 is 5.32 Å². The van der Waals surface area contributed by atoms with E-state index in [9.17, 15) is 4.79 Å². The van der Waals surface area contributed by atoms with Crippen LogP contribution in [0.3, 0.4) is 0 Å². The second kappa shape index (κ2) is 6.34. The van der Waals surface area contributed by atoms with Crippen LogP contribution in [0.15, 0.2) is 42.5 Å². The van der Waals surface area contributed by atoms with Gasteiger partial charge in [-0.3, -0.25) is 4.79 Å². The monoisotopic (exact) mass is 307 g/mol. The van der Waals surface area contributed by atoms with E-state index >= 15 is 0 Å². The molecule has 0 spiro atoms. The number of benzene rings is 2. The average Bonchev–Trinajstić information content (AvgIpc) is 2.54. The third kappa shape index (κ3) is 3.17. The molecule has 0 radical (unpaired) electrons. The van der Waals surface area contributed by atoms with Crippen molar-refractivity contribution in [2.24, 2.45) is 0 Å². The lowest BCUT2D eigenvalue weighted by molar-refractivity contribution is 0.0946. The van der Waals surface area contributed by atoms with Gasteiger partial charge in [0.05, 0.1) is 0 Å². The number of rotatable bonds is 4. The second-order valence-corrected chi connectivity index (χ2v) is 6.03. The molecule has 0 aliphatic rings. The third-order valence-corrected chi connectivity index (χ3v) is 4.01. The highest BCUT2D eigenvalue weighted by molar-refractivity contribution is 6.10. The van der Waals surface area contributed by atoms with Gasteiger partial charge in [-0.2, -0.15) is 0 Å². The Labute approximate surface area is 136 Å². The number of nitrogens with one attached hydrogen (secondary N) is 1. The Morgan fingerprint density at radius 1 is 1.09 bits per heavy atom. The largest absolute Gasteiger partial charge is 0.349 e. The minimum Gasteiger partial charge on any atom is -0.349 e. The first kappa shape index (κ1) is 15.4. The van der Waals surface area contributed by atoms with E-state index in [0.29, 0.717) is 12.2 Å². The smallest absolute Gasteiger partial charge is 0.269 e. The highest BCUT2D eigenvalue weighted by atomic mass is 16.1. The van der Waals surface area contributed by atoms with Gasteiger partial charge >= 0.3 is 0 Å². The number of aromatic nitrogens is 1. The molecule has 0 bridgehead atoms. The maximum absolute atomic E-state index is 12.4. The number of pyridine rings is 1. The van der Waals surface area contributed by atoms with Crippen molar-refractivity contribution < 1.29 is 4.79 Å². The zero-order chi connectivity index (χ0) is 16.4. The number of amides is 1. The van der Waals surface area contributed by atoms with E-state index < -0.39 is 0 Å². The van der Waals surface area contributed by atoms with Gasteiger partial charge in [0.1, 0.15) is 5.69 Å². The van der Waals surface area contributed by atoms with Crippen LogP contribution in [0.4, 0.5) is 0 Å². The lowest BCUT2D eigenvalue weighted by Crippen LogP contribution is -2.31. The summed E-state index contributed by atoms with van der Waals surface area (Å²) in [6, 6.07) is 14.3. The van der Waals surface area contributed by atoms with Gasteiger partial charge in [-0.25, -0.2) is 4.98 Å². The van der Waals surface area contributed by atoms with E-state index in [4.69, 9.17) is 0 Å². The van der Waals surface area contributed by atoms with Crippen molar-refractivity contribution in [3.05, 3.63) is 53.9 Å². The Bertz CT molecular complexity index is 871. The molecule has 0 saturated carbocycles. The Kier molecular flexibility index (Phi) is 4.26. The van der Waals surface area contributed by atoms with Crippen LogP contribution in [-0.4, -0.2) is 43.0 Å². The molecule has 0 aliphatic heterocycles. The summed E-state index contributed by atoms with van der Waals surface area (Å²) < 4.78 is 0. The molecule has 3 rings (SSSR count). The predicted octanol–water partition coefficient (Wildman–Crippen LogP) is 2.99. The molecule has 0 atom stereocenters. The summed E-state index contributed by atoms with van der Waals surface area (Å²) >= 11 is 0. The highest BCUT2D eigenvalue weighted by Gasteiger charge is 2.11. The molecule has 1 aromatic heterocycles. The summed E-state index contributed by atoms with van der Waals surface area (Å²) in [6.45, 7) is 3.37. The van der Waals surface area contributed by atoms with Gasteiger partial charge in [-0.1, -0.05) is 36.4 Å².